The van der Waals surface area contributed by atoms with Crippen molar-refractivity contribution in [2.75, 3.05) is 5.32 Å². The van der Waals surface area contributed by atoms with Crippen LogP contribution in [0.3, 0.4) is 0 Å². The highest BCUT2D eigenvalue weighted by atomic mass is 35.5. The number of aliphatic carboxylic acids is 1. The van der Waals surface area contributed by atoms with Gasteiger partial charge in [0.2, 0.25) is 5.91 Å². The number of carboxylic acids is 2. The molecule has 9 nitrogen and oxygen atoms in total. The van der Waals surface area contributed by atoms with E-state index in [9.17, 15) is 24.6 Å². The monoisotopic (exact) mass is 576 g/mol. The van der Waals surface area contributed by atoms with Crippen LogP contribution in [0, 0.1) is 0 Å². The molecule has 0 bridgehead atoms. The molecule has 0 aliphatic heterocycles. The van der Waals surface area contributed by atoms with Crippen molar-refractivity contribution in [3.8, 4) is 0 Å². The van der Waals surface area contributed by atoms with Crippen LogP contribution in [0.15, 0.2) is 72.9 Å². The summed E-state index contributed by atoms with van der Waals surface area (Å²) >= 11 is 6.41. The van der Waals surface area contributed by atoms with Gasteiger partial charge in [-0.1, -0.05) is 67.4 Å². The molecule has 1 atom stereocenters. The van der Waals surface area contributed by atoms with Gasteiger partial charge < -0.3 is 24.7 Å². The zero-order valence-electron chi connectivity index (χ0n) is 22.8. The number of rotatable bonds is 14. The molecule has 0 radical (unpaired) electrons. The summed E-state index contributed by atoms with van der Waals surface area (Å²) in [5.41, 5.74) is 3.15. The third kappa shape index (κ3) is 7.64. The van der Waals surface area contributed by atoms with Gasteiger partial charge in [0, 0.05) is 37.7 Å². The van der Waals surface area contributed by atoms with Crippen LogP contribution >= 0.6 is 11.6 Å². The first kappa shape index (κ1) is 29.6. The van der Waals surface area contributed by atoms with Crippen LogP contribution in [0.1, 0.15) is 65.4 Å². The molecular formula is C31H33ClN4O5. The summed E-state index contributed by atoms with van der Waals surface area (Å²) in [6.07, 6.45) is 4.82. The fourth-order valence-electron chi connectivity index (χ4n) is 4.78. The molecule has 214 valence electrons. The van der Waals surface area contributed by atoms with Crippen molar-refractivity contribution in [3.05, 3.63) is 106 Å². The van der Waals surface area contributed by atoms with Gasteiger partial charge in [-0.05, 0) is 41.8 Å². The first-order chi connectivity index (χ1) is 19.8. The first-order valence-electron chi connectivity index (χ1n) is 13.6. The Morgan fingerprint density at radius 1 is 0.951 bits per heavy atom. The summed E-state index contributed by atoms with van der Waals surface area (Å²) in [4.78, 5) is 41.0. The summed E-state index contributed by atoms with van der Waals surface area (Å²) in [7, 11) is 0. The summed E-state index contributed by atoms with van der Waals surface area (Å²) in [6, 6.07) is 19.1. The van der Waals surface area contributed by atoms with E-state index in [-0.39, 0.29) is 24.4 Å². The quantitative estimate of drug-likeness (QED) is 0.172. The summed E-state index contributed by atoms with van der Waals surface area (Å²) < 4.78 is 3.47. The van der Waals surface area contributed by atoms with Gasteiger partial charge in [0.05, 0.1) is 12.1 Å². The fourth-order valence-corrected chi connectivity index (χ4v) is 5.08. The number of amides is 1. The van der Waals surface area contributed by atoms with Crippen LogP contribution in [-0.2, 0) is 35.4 Å². The lowest BCUT2D eigenvalue weighted by Gasteiger charge is -2.21. The zero-order valence-corrected chi connectivity index (χ0v) is 23.6. The van der Waals surface area contributed by atoms with Gasteiger partial charge in [-0.3, -0.25) is 9.59 Å². The minimum absolute atomic E-state index is 0.0352. The highest BCUT2D eigenvalue weighted by Gasteiger charge is 2.25. The molecular weight excluding hydrogens is 544 g/mol. The van der Waals surface area contributed by atoms with Gasteiger partial charge in [-0.25, -0.2) is 9.78 Å². The first-order valence-corrected chi connectivity index (χ1v) is 13.9. The van der Waals surface area contributed by atoms with Crippen LogP contribution in [0.2, 0.25) is 5.15 Å². The Balaban J connectivity index is 1.54. The second kappa shape index (κ2) is 13.8. The number of halogens is 1. The molecule has 2 aromatic carbocycles. The molecule has 0 saturated heterocycles. The maximum Gasteiger partial charge on any atom is 0.352 e. The van der Waals surface area contributed by atoms with Crippen molar-refractivity contribution >= 4 is 35.1 Å². The SMILES string of the molecule is CCCCc1nc(Cl)c(CCC(=O)O)n1Cc1ccc(NC(=O)[C@H](Cc2ccccc2)n2cccc2C(=O)O)cc1. The number of nitrogens with one attached hydrogen (secondary N) is 1. The molecule has 0 unspecified atom stereocenters. The van der Waals surface area contributed by atoms with Gasteiger partial charge >= 0.3 is 11.9 Å². The van der Waals surface area contributed by atoms with Gasteiger partial charge in [0.25, 0.3) is 0 Å². The average Bonchev–Trinajstić information content (AvgIpc) is 3.55. The van der Waals surface area contributed by atoms with Gasteiger partial charge in [0.1, 0.15) is 17.6 Å². The molecule has 2 heterocycles. The molecule has 0 fully saturated rings. The van der Waals surface area contributed by atoms with Gasteiger partial charge in [-0.2, -0.15) is 0 Å². The Hall–Kier alpha value is -4.37. The van der Waals surface area contributed by atoms with Gasteiger partial charge in [-0.15, -0.1) is 0 Å². The normalized spacial score (nSPS) is 11.8. The Labute approximate surface area is 243 Å². The molecule has 41 heavy (non-hydrogen) atoms. The van der Waals surface area contributed by atoms with Crippen molar-refractivity contribution in [2.24, 2.45) is 0 Å². The molecule has 0 saturated carbocycles. The highest BCUT2D eigenvalue weighted by molar-refractivity contribution is 6.30. The van der Waals surface area contributed by atoms with E-state index in [2.05, 4.69) is 17.2 Å². The van der Waals surface area contributed by atoms with E-state index in [0.717, 1.165) is 36.2 Å². The highest BCUT2D eigenvalue weighted by Crippen LogP contribution is 2.24. The Morgan fingerprint density at radius 2 is 1.68 bits per heavy atom. The third-order valence-electron chi connectivity index (χ3n) is 6.90. The Morgan fingerprint density at radius 3 is 2.34 bits per heavy atom. The van der Waals surface area contributed by atoms with Crippen molar-refractivity contribution < 1.29 is 24.6 Å². The summed E-state index contributed by atoms with van der Waals surface area (Å²) in [6.45, 7) is 2.56. The summed E-state index contributed by atoms with van der Waals surface area (Å²) in [5, 5.41) is 22.1. The average molecular weight is 577 g/mol. The molecule has 4 aromatic rings. The largest absolute Gasteiger partial charge is 0.481 e. The predicted molar refractivity (Wildman–Crippen MR) is 157 cm³/mol. The number of unbranched alkanes of at least 4 members (excludes halogenated alkanes) is 1. The second-order valence-corrected chi connectivity index (χ2v) is 10.2. The number of aromatic carboxylic acids is 1. The Kier molecular flexibility index (Phi) is 9.97. The van der Waals surface area contributed by atoms with Crippen LogP contribution in [0.5, 0.6) is 0 Å². The maximum atomic E-state index is 13.5. The lowest BCUT2D eigenvalue weighted by Crippen LogP contribution is -2.29. The van der Waals surface area contributed by atoms with Gasteiger partial charge in [0.15, 0.2) is 5.15 Å². The van der Waals surface area contributed by atoms with Crippen molar-refractivity contribution in [3.63, 3.8) is 0 Å². The fraction of sp³-hybridized carbons (Fsp3) is 0.290. The number of aromatic nitrogens is 3. The molecule has 0 aliphatic rings. The number of carbonyl (C=O) groups is 3. The smallest absolute Gasteiger partial charge is 0.352 e. The lowest BCUT2D eigenvalue weighted by atomic mass is 10.0. The molecule has 2 aromatic heterocycles. The Bertz CT molecular complexity index is 1490. The van der Waals surface area contributed by atoms with Crippen LogP contribution in [0.4, 0.5) is 5.69 Å². The topological polar surface area (TPSA) is 126 Å². The van der Waals surface area contributed by atoms with Crippen LogP contribution in [0.25, 0.3) is 0 Å². The molecule has 10 heteroatoms. The number of hydrogen-bond donors (Lipinski definition) is 3. The molecule has 3 N–H and O–H groups in total. The van der Waals surface area contributed by atoms with Crippen molar-refractivity contribution in [1.82, 2.24) is 14.1 Å². The second-order valence-electron chi connectivity index (χ2n) is 9.85. The van der Waals surface area contributed by atoms with E-state index in [0.29, 0.717) is 29.5 Å². The van der Waals surface area contributed by atoms with E-state index >= 15 is 0 Å². The number of carboxylic acid groups (broad SMARTS) is 2. The number of anilines is 1. The number of imidazole rings is 1. The van der Waals surface area contributed by atoms with Crippen LogP contribution in [-0.4, -0.2) is 42.2 Å². The van der Waals surface area contributed by atoms with Crippen molar-refractivity contribution in [2.45, 2.75) is 58.0 Å². The minimum atomic E-state index is -1.11. The van der Waals surface area contributed by atoms with Crippen LogP contribution < -0.4 is 5.32 Å². The maximum absolute atomic E-state index is 13.5. The zero-order chi connectivity index (χ0) is 29.4. The molecule has 1 amide bonds. The van der Waals surface area contributed by atoms with Crippen molar-refractivity contribution in [1.29, 1.82) is 0 Å². The molecule has 0 aliphatic carbocycles. The minimum Gasteiger partial charge on any atom is -0.481 e. The van der Waals surface area contributed by atoms with E-state index in [1.54, 1.807) is 24.4 Å². The predicted octanol–water partition coefficient (Wildman–Crippen LogP) is 5.87. The van der Waals surface area contributed by atoms with E-state index in [4.69, 9.17) is 11.6 Å². The lowest BCUT2D eigenvalue weighted by molar-refractivity contribution is -0.137. The number of benzene rings is 2. The third-order valence-corrected chi connectivity index (χ3v) is 7.21. The standard InChI is InChI=1S/C31H33ClN4O5/c1-2-3-11-27-34-29(32)24(16-17-28(37)38)36(27)20-22-12-14-23(15-13-22)33-30(39)26(19-21-8-5-4-6-9-21)35-18-7-10-25(35)31(40)41/h4-10,12-15,18,26H,2-3,11,16-17,19-20H2,1H3,(H,33,39)(H,37,38)(H,40,41)/t26-/m0/s1. The molecule has 4 rings (SSSR count). The van der Waals surface area contributed by atoms with E-state index in [1.807, 2.05) is 47.0 Å². The molecule has 0 spiro atoms. The number of aryl methyl sites for hydroxylation is 1. The number of nitrogens with zero attached hydrogens (tertiary/aromatic N) is 3. The van der Waals surface area contributed by atoms with E-state index in [1.165, 1.54) is 10.6 Å². The summed E-state index contributed by atoms with van der Waals surface area (Å²) in [5.74, 6) is -1.52. The number of carbonyl (C=O) groups excluding carboxylic acids is 1. The van der Waals surface area contributed by atoms with E-state index < -0.39 is 18.0 Å². The number of hydrogen-bond acceptors (Lipinski definition) is 4.